The molecular formula is C70H53NO2S. The predicted octanol–water partition coefficient (Wildman–Crippen LogP) is 19.1. The fourth-order valence-electron chi connectivity index (χ4n) is 13.4. The Balaban J connectivity index is 1.07. The fraction of sp³-hybridized carbons (Fsp3) is 0.143. The summed E-state index contributed by atoms with van der Waals surface area (Å²) in [7, 11) is 0. The zero-order chi connectivity index (χ0) is 49.9. The Hall–Kier alpha value is -8.18. The Morgan fingerprint density at radius 1 is 0.365 bits per heavy atom. The molecule has 0 N–H and O–H groups in total. The van der Waals surface area contributed by atoms with Crippen molar-refractivity contribution in [1.29, 1.82) is 0 Å². The maximum Gasteiger partial charge on any atom is 0.132 e. The molecule has 74 heavy (non-hydrogen) atoms. The summed E-state index contributed by atoms with van der Waals surface area (Å²) in [5.74, 6) is 3.56. The van der Waals surface area contributed by atoms with Gasteiger partial charge >= 0.3 is 0 Å². The Morgan fingerprint density at radius 3 is 1.51 bits per heavy atom. The molecular weight excluding hydrogens is 919 g/mol. The highest BCUT2D eigenvalue weighted by Crippen LogP contribution is 2.67. The first-order valence-electron chi connectivity index (χ1n) is 26.0. The summed E-state index contributed by atoms with van der Waals surface area (Å²) in [6, 6.07) is 79.7. The summed E-state index contributed by atoms with van der Waals surface area (Å²) in [5, 5.41) is 2.50. The lowest BCUT2D eigenvalue weighted by Gasteiger charge is -2.41. The monoisotopic (exact) mass is 971 g/mol. The minimum absolute atomic E-state index is 0.0958. The number of hydrogen-bond donors (Lipinski definition) is 0. The lowest BCUT2D eigenvalue weighted by molar-refractivity contribution is 0.433. The maximum absolute atomic E-state index is 7.08. The lowest BCUT2D eigenvalue weighted by Crippen LogP contribution is -2.33. The molecule has 2 spiro atoms. The van der Waals surface area contributed by atoms with Crippen LogP contribution in [0.1, 0.15) is 97.2 Å². The van der Waals surface area contributed by atoms with Gasteiger partial charge in [0.05, 0.1) is 22.2 Å². The van der Waals surface area contributed by atoms with Crippen LogP contribution in [0.3, 0.4) is 0 Å². The number of ether oxygens (including phenoxy) is 2. The van der Waals surface area contributed by atoms with E-state index in [0.29, 0.717) is 0 Å². The van der Waals surface area contributed by atoms with E-state index in [1.807, 2.05) is 11.3 Å². The van der Waals surface area contributed by atoms with Gasteiger partial charge in [0.1, 0.15) is 23.0 Å². The van der Waals surface area contributed by atoms with Crippen LogP contribution < -0.4 is 14.4 Å². The topological polar surface area (TPSA) is 21.7 Å². The molecule has 0 atom stereocenters. The number of thiophene rings is 1. The van der Waals surface area contributed by atoms with Gasteiger partial charge in [0.15, 0.2) is 0 Å². The van der Waals surface area contributed by atoms with Crippen molar-refractivity contribution in [2.45, 2.75) is 63.2 Å². The van der Waals surface area contributed by atoms with Gasteiger partial charge in [-0.2, -0.15) is 0 Å². The first-order chi connectivity index (χ1) is 36.0. The normalized spacial score (nSPS) is 14.8. The maximum atomic E-state index is 7.08. The smallest absolute Gasteiger partial charge is 0.132 e. The molecule has 0 saturated heterocycles. The van der Waals surface area contributed by atoms with Crippen LogP contribution >= 0.6 is 11.3 Å². The van der Waals surface area contributed by atoms with Gasteiger partial charge in [0.2, 0.25) is 0 Å². The second kappa shape index (κ2) is 15.2. The molecule has 356 valence electrons. The van der Waals surface area contributed by atoms with Crippen molar-refractivity contribution in [3.63, 3.8) is 0 Å². The Kier molecular flexibility index (Phi) is 8.91. The number of anilines is 3. The number of benzene rings is 10. The molecule has 10 aromatic carbocycles. The van der Waals surface area contributed by atoms with Crippen molar-refractivity contribution in [1.82, 2.24) is 0 Å². The van der Waals surface area contributed by atoms with Gasteiger partial charge in [0, 0.05) is 53.7 Å². The molecule has 1 aromatic heterocycles. The molecule has 4 aliphatic rings. The van der Waals surface area contributed by atoms with E-state index in [1.165, 1.54) is 86.9 Å². The predicted molar refractivity (Wildman–Crippen MR) is 306 cm³/mol. The summed E-state index contributed by atoms with van der Waals surface area (Å²) < 4.78 is 16.4. The third-order valence-corrected chi connectivity index (χ3v) is 17.9. The quantitative estimate of drug-likeness (QED) is 0.176. The molecule has 0 unspecified atom stereocenters. The third kappa shape index (κ3) is 5.72. The lowest BCUT2D eigenvalue weighted by atomic mass is 9.64. The third-order valence-electron chi connectivity index (χ3n) is 16.7. The van der Waals surface area contributed by atoms with Crippen molar-refractivity contribution in [3.8, 4) is 45.3 Å². The zero-order valence-electron chi connectivity index (χ0n) is 42.4. The van der Waals surface area contributed by atoms with Gasteiger partial charge in [-0.15, -0.1) is 11.3 Å². The first kappa shape index (κ1) is 43.4. The number of para-hydroxylation sites is 2. The number of fused-ring (bicyclic) bond motifs is 21. The molecule has 0 bridgehead atoms. The number of rotatable bonds is 3. The van der Waals surface area contributed by atoms with Crippen LogP contribution in [0.2, 0.25) is 0 Å². The van der Waals surface area contributed by atoms with Gasteiger partial charge in [-0.05, 0) is 134 Å². The molecule has 11 aromatic rings. The van der Waals surface area contributed by atoms with E-state index >= 15 is 0 Å². The SMILES string of the molecule is CC(C)(C)c1ccc2c(c1)C1(c3cc(C(C)(C)C)ccc3O2)c2ccccc2-c2c(N(c3ccc4c(c3)C3(c5ccccc5Oc5ccccc53)c3ccccc3-4)c3cccc4sc5ccccc5c34)cccc21. The van der Waals surface area contributed by atoms with Crippen molar-refractivity contribution >= 4 is 48.6 Å². The second-order valence-corrected chi connectivity index (χ2v) is 23.8. The van der Waals surface area contributed by atoms with Crippen LogP contribution in [0.25, 0.3) is 42.4 Å². The van der Waals surface area contributed by atoms with Crippen molar-refractivity contribution in [2.75, 3.05) is 4.90 Å². The van der Waals surface area contributed by atoms with Gasteiger partial charge in [-0.3, -0.25) is 0 Å². The minimum atomic E-state index is -0.695. The zero-order valence-corrected chi connectivity index (χ0v) is 43.2. The summed E-state index contributed by atoms with van der Waals surface area (Å²) in [5.41, 5.74) is 19.0. The van der Waals surface area contributed by atoms with E-state index in [4.69, 9.17) is 9.47 Å². The fourth-order valence-corrected chi connectivity index (χ4v) is 14.6. The van der Waals surface area contributed by atoms with Crippen LogP contribution in [-0.2, 0) is 21.7 Å². The largest absolute Gasteiger partial charge is 0.457 e. The molecule has 3 heterocycles. The molecule has 0 saturated carbocycles. The molecule has 0 radical (unpaired) electrons. The van der Waals surface area contributed by atoms with E-state index < -0.39 is 10.8 Å². The number of nitrogens with zero attached hydrogens (tertiary/aromatic N) is 1. The van der Waals surface area contributed by atoms with E-state index in [-0.39, 0.29) is 10.8 Å². The van der Waals surface area contributed by atoms with Gasteiger partial charge < -0.3 is 14.4 Å². The van der Waals surface area contributed by atoms with Crippen LogP contribution in [0.15, 0.2) is 212 Å². The molecule has 0 fully saturated rings. The Labute approximate surface area is 437 Å². The molecule has 3 nitrogen and oxygen atoms in total. The highest BCUT2D eigenvalue weighted by Gasteiger charge is 2.54. The minimum Gasteiger partial charge on any atom is -0.457 e. The van der Waals surface area contributed by atoms with Crippen LogP contribution in [0.5, 0.6) is 23.0 Å². The van der Waals surface area contributed by atoms with Crippen LogP contribution in [-0.4, -0.2) is 0 Å². The molecule has 2 aliphatic heterocycles. The highest BCUT2D eigenvalue weighted by atomic mass is 32.1. The number of hydrogen-bond acceptors (Lipinski definition) is 4. The van der Waals surface area contributed by atoms with Crippen molar-refractivity contribution in [3.05, 3.63) is 268 Å². The van der Waals surface area contributed by atoms with Crippen molar-refractivity contribution < 1.29 is 9.47 Å². The summed E-state index contributed by atoms with van der Waals surface area (Å²) in [4.78, 5) is 2.60. The van der Waals surface area contributed by atoms with E-state index in [1.54, 1.807) is 0 Å². The highest BCUT2D eigenvalue weighted by molar-refractivity contribution is 7.26. The van der Waals surface area contributed by atoms with Crippen LogP contribution in [0.4, 0.5) is 17.1 Å². The van der Waals surface area contributed by atoms with Crippen molar-refractivity contribution in [2.24, 2.45) is 0 Å². The van der Waals surface area contributed by atoms with E-state index in [9.17, 15) is 0 Å². The first-order valence-corrected chi connectivity index (χ1v) is 26.8. The average Bonchev–Trinajstić information content (AvgIpc) is 4.06. The summed E-state index contributed by atoms with van der Waals surface area (Å²) >= 11 is 1.87. The van der Waals surface area contributed by atoms with Gasteiger partial charge in [0.25, 0.3) is 0 Å². The Bertz CT molecular complexity index is 4090. The molecule has 4 heteroatoms. The van der Waals surface area contributed by atoms with Gasteiger partial charge in [-0.25, -0.2) is 0 Å². The Morgan fingerprint density at radius 2 is 0.851 bits per heavy atom. The van der Waals surface area contributed by atoms with Crippen LogP contribution in [0, 0.1) is 0 Å². The standard InChI is InChI=1S/C70H53NO2S/c1-67(2,3)42-33-37-61-55(39-42)70(56-40-43(68(4,5)6)34-38-62(56)73-61)50-23-11-8-20-47(50)65-53(70)26-17-27-57(65)71(58-28-18-32-64-66(58)48-21-9-16-31-63(48)74-64)44-35-36-46-45-19-7-10-22-49(45)69(54(46)41-44)51-24-12-14-29-59(51)72-60-30-15-13-25-52(60)69/h7-41H,1-6H3. The summed E-state index contributed by atoms with van der Waals surface area (Å²) in [6.07, 6.45) is 0. The molecule has 15 rings (SSSR count). The van der Waals surface area contributed by atoms with Gasteiger partial charge in [-0.1, -0.05) is 181 Å². The summed E-state index contributed by atoms with van der Waals surface area (Å²) in [6.45, 7) is 13.9. The van der Waals surface area contributed by atoms with E-state index in [2.05, 4.69) is 259 Å². The van der Waals surface area contributed by atoms with E-state index in [0.717, 1.165) is 51.2 Å². The average molecular weight is 972 g/mol. The molecule has 0 amide bonds. The second-order valence-electron chi connectivity index (χ2n) is 22.7. The molecule has 2 aliphatic carbocycles.